The Labute approximate surface area is 105 Å². The third-order valence-corrected chi connectivity index (χ3v) is 3.66. The summed E-state index contributed by atoms with van der Waals surface area (Å²) in [6.45, 7) is 0.686. The summed E-state index contributed by atoms with van der Waals surface area (Å²) >= 11 is 0. The summed E-state index contributed by atoms with van der Waals surface area (Å²) in [6.07, 6.45) is 7.73. The Morgan fingerprint density at radius 1 is 1.50 bits per heavy atom. The van der Waals surface area contributed by atoms with Crippen molar-refractivity contribution < 1.29 is 13.9 Å². The van der Waals surface area contributed by atoms with Crippen LogP contribution >= 0.6 is 0 Å². The molecule has 5 nitrogen and oxygen atoms in total. The molecule has 0 aliphatic carbocycles. The molecule has 1 amide bonds. The van der Waals surface area contributed by atoms with E-state index in [1.165, 1.54) is 0 Å². The number of ether oxygens (including phenoxy) is 1. The SMILES string of the molecule is CNC1C(=O)N(c2ccoc2)CCC2C=COC21. The van der Waals surface area contributed by atoms with Gasteiger partial charge in [0.25, 0.3) is 0 Å². The van der Waals surface area contributed by atoms with Crippen molar-refractivity contribution in [2.45, 2.75) is 18.6 Å². The number of hydrogen-bond acceptors (Lipinski definition) is 4. The maximum atomic E-state index is 12.5. The highest BCUT2D eigenvalue weighted by Gasteiger charge is 2.41. The number of likely N-dealkylation sites (N-methyl/N-ethyl adjacent to an activating group) is 1. The zero-order valence-electron chi connectivity index (χ0n) is 10.2. The molecule has 1 aromatic rings. The maximum absolute atomic E-state index is 12.5. The highest BCUT2D eigenvalue weighted by molar-refractivity contribution is 5.97. The number of rotatable bonds is 2. The topological polar surface area (TPSA) is 54.7 Å². The van der Waals surface area contributed by atoms with Gasteiger partial charge in [0.15, 0.2) is 0 Å². The van der Waals surface area contributed by atoms with Gasteiger partial charge in [0.2, 0.25) is 5.91 Å². The summed E-state index contributed by atoms with van der Waals surface area (Å²) in [5.74, 6) is 0.332. The van der Waals surface area contributed by atoms with Crippen LogP contribution < -0.4 is 10.2 Å². The fraction of sp³-hybridized carbons (Fsp3) is 0.462. The van der Waals surface area contributed by atoms with Crippen LogP contribution in [0.3, 0.4) is 0 Å². The quantitative estimate of drug-likeness (QED) is 0.852. The van der Waals surface area contributed by atoms with Crippen LogP contribution in [0.25, 0.3) is 0 Å². The van der Waals surface area contributed by atoms with Gasteiger partial charge in [-0.3, -0.25) is 4.79 Å². The number of carbonyl (C=O) groups is 1. The van der Waals surface area contributed by atoms with Crippen molar-refractivity contribution in [3.63, 3.8) is 0 Å². The van der Waals surface area contributed by atoms with Gasteiger partial charge in [0, 0.05) is 18.5 Å². The predicted molar refractivity (Wildman–Crippen MR) is 66.0 cm³/mol. The molecular formula is C13H16N2O3. The van der Waals surface area contributed by atoms with Crippen LogP contribution in [0.1, 0.15) is 6.42 Å². The smallest absolute Gasteiger partial charge is 0.248 e. The standard InChI is InChI=1S/C13H16N2O3/c1-14-11-12-9(3-7-18-12)2-5-15(13(11)16)10-4-6-17-8-10/h3-4,6-9,11-12,14H,2,5H2,1H3. The number of anilines is 1. The molecular weight excluding hydrogens is 232 g/mol. The fourth-order valence-corrected chi connectivity index (χ4v) is 2.69. The highest BCUT2D eigenvalue weighted by Crippen LogP contribution is 2.30. The number of furan rings is 1. The van der Waals surface area contributed by atoms with E-state index in [-0.39, 0.29) is 18.1 Å². The molecule has 3 heterocycles. The van der Waals surface area contributed by atoms with Crippen LogP contribution in [-0.2, 0) is 9.53 Å². The second-order valence-electron chi connectivity index (χ2n) is 4.62. The van der Waals surface area contributed by atoms with Crippen LogP contribution in [-0.4, -0.2) is 31.6 Å². The van der Waals surface area contributed by atoms with Crippen molar-refractivity contribution in [1.29, 1.82) is 0 Å². The number of carbonyl (C=O) groups excluding carboxylic acids is 1. The Kier molecular flexibility index (Phi) is 2.83. The Bertz CT molecular complexity index is 455. The van der Waals surface area contributed by atoms with Gasteiger partial charge in [-0.25, -0.2) is 0 Å². The summed E-state index contributed by atoms with van der Waals surface area (Å²) in [6, 6.07) is 1.49. The van der Waals surface area contributed by atoms with E-state index in [4.69, 9.17) is 9.15 Å². The van der Waals surface area contributed by atoms with Gasteiger partial charge in [-0.05, 0) is 19.5 Å². The second kappa shape index (κ2) is 4.49. The van der Waals surface area contributed by atoms with E-state index < -0.39 is 0 Å². The lowest BCUT2D eigenvalue weighted by atomic mass is 9.96. The molecule has 3 atom stereocenters. The first-order valence-corrected chi connectivity index (χ1v) is 6.14. The third kappa shape index (κ3) is 1.71. The maximum Gasteiger partial charge on any atom is 0.248 e. The average molecular weight is 248 g/mol. The summed E-state index contributed by atoms with van der Waals surface area (Å²) in [5, 5.41) is 3.07. The van der Waals surface area contributed by atoms with Crippen LogP contribution in [0, 0.1) is 5.92 Å². The van der Waals surface area contributed by atoms with E-state index in [9.17, 15) is 4.79 Å². The molecule has 0 saturated carbocycles. The first-order valence-electron chi connectivity index (χ1n) is 6.14. The highest BCUT2D eigenvalue weighted by atomic mass is 16.5. The molecule has 0 spiro atoms. The van der Waals surface area contributed by atoms with Gasteiger partial charge >= 0.3 is 0 Å². The Morgan fingerprint density at radius 3 is 3.11 bits per heavy atom. The van der Waals surface area contributed by atoms with Crippen molar-refractivity contribution in [2.75, 3.05) is 18.5 Å². The van der Waals surface area contributed by atoms with Gasteiger partial charge < -0.3 is 19.4 Å². The molecule has 0 aromatic carbocycles. The summed E-state index contributed by atoms with van der Waals surface area (Å²) in [4.78, 5) is 14.3. The lowest BCUT2D eigenvalue weighted by Gasteiger charge is -2.26. The van der Waals surface area contributed by atoms with Crippen LogP contribution in [0.15, 0.2) is 35.3 Å². The number of amides is 1. The lowest BCUT2D eigenvalue weighted by molar-refractivity contribution is -0.122. The molecule has 18 heavy (non-hydrogen) atoms. The molecule has 3 unspecified atom stereocenters. The second-order valence-corrected chi connectivity index (χ2v) is 4.62. The van der Waals surface area contributed by atoms with Crippen LogP contribution in [0.2, 0.25) is 0 Å². The minimum absolute atomic E-state index is 0.0371. The first-order chi connectivity index (χ1) is 8.81. The number of fused-ring (bicyclic) bond motifs is 1. The third-order valence-electron chi connectivity index (χ3n) is 3.66. The molecule has 2 aliphatic rings. The summed E-state index contributed by atoms with van der Waals surface area (Å²) in [7, 11) is 1.79. The largest absolute Gasteiger partial charge is 0.496 e. The molecule has 1 aromatic heterocycles. The van der Waals surface area contributed by atoms with E-state index in [2.05, 4.69) is 5.32 Å². The zero-order chi connectivity index (χ0) is 12.5. The Morgan fingerprint density at radius 2 is 2.39 bits per heavy atom. The van der Waals surface area contributed by atoms with E-state index in [0.717, 1.165) is 12.1 Å². The van der Waals surface area contributed by atoms with Crippen molar-refractivity contribution >= 4 is 11.6 Å². The summed E-state index contributed by atoms with van der Waals surface area (Å²) < 4.78 is 10.6. The minimum atomic E-state index is -0.317. The Hall–Kier alpha value is -1.75. The molecule has 1 saturated heterocycles. The molecule has 1 fully saturated rings. The zero-order valence-corrected chi connectivity index (χ0v) is 10.2. The van der Waals surface area contributed by atoms with Crippen molar-refractivity contribution in [3.05, 3.63) is 30.9 Å². The molecule has 1 N–H and O–H groups in total. The van der Waals surface area contributed by atoms with Crippen LogP contribution in [0.4, 0.5) is 5.69 Å². The minimum Gasteiger partial charge on any atom is -0.496 e. The fourth-order valence-electron chi connectivity index (χ4n) is 2.69. The van der Waals surface area contributed by atoms with Crippen molar-refractivity contribution in [1.82, 2.24) is 5.32 Å². The molecule has 3 rings (SSSR count). The normalized spacial score (nSPS) is 31.1. The van der Waals surface area contributed by atoms with Crippen LogP contribution in [0.5, 0.6) is 0 Å². The van der Waals surface area contributed by atoms with E-state index in [1.54, 1.807) is 30.7 Å². The average Bonchev–Trinajstić information content (AvgIpc) is 3.01. The van der Waals surface area contributed by atoms with Crippen molar-refractivity contribution in [2.24, 2.45) is 5.92 Å². The molecule has 0 bridgehead atoms. The number of hydrogen-bond donors (Lipinski definition) is 1. The van der Waals surface area contributed by atoms with Gasteiger partial charge in [0.1, 0.15) is 18.4 Å². The van der Waals surface area contributed by atoms with Gasteiger partial charge in [-0.1, -0.05) is 0 Å². The molecule has 0 radical (unpaired) electrons. The van der Waals surface area contributed by atoms with E-state index in [1.807, 2.05) is 12.1 Å². The first kappa shape index (κ1) is 11.3. The summed E-state index contributed by atoms with van der Waals surface area (Å²) in [5.41, 5.74) is 0.809. The van der Waals surface area contributed by atoms with Gasteiger partial charge in [0.05, 0.1) is 18.2 Å². The van der Waals surface area contributed by atoms with E-state index in [0.29, 0.717) is 12.5 Å². The van der Waals surface area contributed by atoms with Gasteiger partial charge in [-0.2, -0.15) is 0 Å². The molecule has 5 heteroatoms. The number of nitrogens with zero attached hydrogens (tertiary/aromatic N) is 1. The monoisotopic (exact) mass is 248 g/mol. The molecule has 96 valence electrons. The van der Waals surface area contributed by atoms with Gasteiger partial charge in [-0.15, -0.1) is 0 Å². The van der Waals surface area contributed by atoms with Crippen molar-refractivity contribution in [3.8, 4) is 0 Å². The predicted octanol–water partition coefficient (Wildman–Crippen LogP) is 1.13. The Balaban J connectivity index is 1.90. The number of nitrogens with one attached hydrogen (secondary N) is 1. The lowest BCUT2D eigenvalue weighted by Crippen LogP contribution is -2.50. The van der Waals surface area contributed by atoms with E-state index >= 15 is 0 Å². The molecule has 2 aliphatic heterocycles.